The second kappa shape index (κ2) is 5.26. The van der Waals surface area contributed by atoms with Crippen molar-refractivity contribution < 1.29 is 18.7 Å². The second-order valence-corrected chi connectivity index (χ2v) is 4.59. The standard InChI is InChI=1S/C13H15FN2O3/c1-7-10(14)4-8(5-11(7)15)13(18)19-6-12(17)16-9-2-3-9/h4-5,9H,2-3,6,15H2,1H3,(H,16,17). The number of ether oxygens (including phenoxy) is 1. The summed E-state index contributed by atoms with van der Waals surface area (Å²) in [4.78, 5) is 23.0. The number of nitrogen functional groups attached to an aromatic ring is 1. The minimum Gasteiger partial charge on any atom is -0.452 e. The van der Waals surface area contributed by atoms with Gasteiger partial charge in [-0.3, -0.25) is 4.79 Å². The van der Waals surface area contributed by atoms with Crippen molar-refractivity contribution >= 4 is 17.6 Å². The summed E-state index contributed by atoms with van der Waals surface area (Å²) < 4.78 is 18.2. The Morgan fingerprint density at radius 3 is 2.74 bits per heavy atom. The van der Waals surface area contributed by atoms with Gasteiger partial charge in [-0.05, 0) is 31.9 Å². The number of esters is 1. The maximum absolute atomic E-state index is 13.4. The number of halogens is 1. The monoisotopic (exact) mass is 266 g/mol. The Labute approximate surface area is 109 Å². The van der Waals surface area contributed by atoms with E-state index in [0.29, 0.717) is 0 Å². The number of rotatable bonds is 4. The minimum atomic E-state index is -0.767. The summed E-state index contributed by atoms with van der Waals surface area (Å²) in [5.74, 6) is -1.69. The molecule has 2 rings (SSSR count). The number of hydrogen-bond acceptors (Lipinski definition) is 4. The maximum Gasteiger partial charge on any atom is 0.338 e. The van der Waals surface area contributed by atoms with Crippen molar-refractivity contribution in [1.82, 2.24) is 5.32 Å². The molecule has 102 valence electrons. The third-order valence-electron chi connectivity index (χ3n) is 2.90. The molecule has 19 heavy (non-hydrogen) atoms. The number of amides is 1. The molecule has 1 saturated carbocycles. The number of nitrogens with two attached hydrogens (primary N) is 1. The number of nitrogens with one attached hydrogen (secondary N) is 1. The van der Waals surface area contributed by atoms with Crippen molar-refractivity contribution in [3.63, 3.8) is 0 Å². The summed E-state index contributed by atoms with van der Waals surface area (Å²) in [7, 11) is 0. The Hall–Kier alpha value is -2.11. The van der Waals surface area contributed by atoms with Gasteiger partial charge < -0.3 is 15.8 Å². The summed E-state index contributed by atoms with van der Waals surface area (Å²) in [6, 6.07) is 2.59. The van der Waals surface area contributed by atoms with Gasteiger partial charge in [0.1, 0.15) is 5.82 Å². The molecule has 0 spiro atoms. The zero-order chi connectivity index (χ0) is 14.0. The highest BCUT2D eigenvalue weighted by molar-refractivity contribution is 5.92. The lowest BCUT2D eigenvalue weighted by molar-refractivity contribution is -0.124. The van der Waals surface area contributed by atoms with Crippen LogP contribution in [0.2, 0.25) is 0 Å². The highest BCUT2D eigenvalue weighted by Crippen LogP contribution is 2.19. The topological polar surface area (TPSA) is 81.4 Å². The van der Waals surface area contributed by atoms with Crippen LogP contribution in [0.3, 0.4) is 0 Å². The van der Waals surface area contributed by atoms with Crippen LogP contribution in [0.4, 0.5) is 10.1 Å². The molecule has 0 unspecified atom stereocenters. The molecule has 0 radical (unpaired) electrons. The van der Waals surface area contributed by atoms with E-state index in [9.17, 15) is 14.0 Å². The molecule has 1 aromatic rings. The molecule has 1 aliphatic rings. The van der Waals surface area contributed by atoms with Crippen LogP contribution < -0.4 is 11.1 Å². The van der Waals surface area contributed by atoms with Crippen LogP contribution >= 0.6 is 0 Å². The van der Waals surface area contributed by atoms with E-state index in [0.717, 1.165) is 18.9 Å². The van der Waals surface area contributed by atoms with Gasteiger partial charge in [0, 0.05) is 17.3 Å². The fourth-order valence-corrected chi connectivity index (χ4v) is 1.53. The molecule has 0 heterocycles. The van der Waals surface area contributed by atoms with Gasteiger partial charge in [0.05, 0.1) is 5.56 Å². The average molecular weight is 266 g/mol. The van der Waals surface area contributed by atoms with E-state index in [1.165, 1.54) is 13.0 Å². The molecule has 0 aromatic heterocycles. The van der Waals surface area contributed by atoms with Gasteiger partial charge in [-0.1, -0.05) is 0 Å². The van der Waals surface area contributed by atoms with Crippen molar-refractivity contribution in [2.75, 3.05) is 12.3 Å². The van der Waals surface area contributed by atoms with Crippen LogP contribution in [0.1, 0.15) is 28.8 Å². The zero-order valence-electron chi connectivity index (χ0n) is 10.5. The third-order valence-corrected chi connectivity index (χ3v) is 2.90. The van der Waals surface area contributed by atoms with E-state index in [1.54, 1.807) is 0 Å². The average Bonchev–Trinajstić information content (AvgIpc) is 3.16. The van der Waals surface area contributed by atoms with E-state index >= 15 is 0 Å². The predicted molar refractivity (Wildman–Crippen MR) is 67.0 cm³/mol. The van der Waals surface area contributed by atoms with Gasteiger partial charge in [0.2, 0.25) is 0 Å². The van der Waals surface area contributed by atoms with Crippen LogP contribution in [-0.2, 0) is 9.53 Å². The van der Waals surface area contributed by atoms with Crippen molar-refractivity contribution in [3.8, 4) is 0 Å². The molecule has 0 bridgehead atoms. The van der Waals surface area contributed by atoms with Crippen molar-refractivity contribution in [1.29, 1.82) is 0 Å². The van der Waals surface area contributed by atoms with Gasteiger partial charge in [-0.15, -0.1) is 0 Å². The number of anilines is 1. The van der Waals surface area contributed by atoms with Gasteiger partial charge in [0.15, 0.2) is 6.61 Å². The van der Waals surface area contributed by atoms with Gasteiger partial charge in [0.25, 0.3) is 5.91 Å². The van der Waals surface area contributed by atoms with Gasteiger partial charge in [-0.25, -0.2) is 9.18 Å². The molecular weight excluding hydrogens is 251 g/mol. The van der Waals surface area contributed by atoms with E-state index in [4.69, 9.17) is 10.5 Å². The Morgan fingerprint density at radius 1 is 1.47 bits per heavy atom. The molecule has 1 amide bonds. The summed E-state index contributed by atoms with van der Waals surface area (Å²) >= 11 is 0. The minimum absolute atomic E-state index is 0.000165. The molecular formula is C13H15FN2O3. The quantitative estimate of drug-likeness (QED) is 0.632. The van der Waals surface area contributed by atoms with Crippen LogP contribution in [0.5, 0.6) is 0 Å². The lowest BCUT2D eigenvalue weighted by Gasteiger charge is -2.08. The number of benzene rings is 1. The van der Waals surface area contributed by atoms with Gasteiger partial charge in [-0.2, -0.15) is 0 Å². The Morgan fingerprint density at radius 2 is 2.16 bits per heavy atom. The first-order valence-corrected chi connectivity index (χ1v) is 5.99. The number of carbonyl (C=O) groups excluding carboxylic acids is 2. The molecule has 1 fully saturated rings. The predicted octanol–water partition coefficient (Wildman–Crippen LogP) is 1.15. The van der Waals surface area contributed by atoms with Crippen molar-refractivity contribution in [3.05, 3.63) is 29.1 Å². The molecule has 0 atom stereocenters. The van der Waals surface area contributed by atoms with E-state index < -0.39 is 11.8 Å². The Bertz CT molecular complexity index is 504. The summed E-state index contributed by atoms with van der Waals surface area (Å²) in [6.45, 7) is 1.15. The highest BCUT2D eigenvalue weighted by atomic mass is 19.1. The number of hydrogen-bond donors (Lipinski definition) is 2. The Kier molecular flexibility index (Phi) is 3.69. The van der Waals surface area contributed by atoms with Crippen LogP contribution in [0.15, 0.2) is 12.1 Å². The molecule has 1 aliphatic carbocycles. The lowest BCUT2D eigenvalue weighted by atomic mass is 10.1. The van der Waals surface area contributed by atoms with Crippen molar-refractivity contribution in [2.45, 2.75) is 25.8 Å². The largest absolute Gasteiger partial charge is 0.452 e. The first-order valence-electron chi connectivity index (χ1n) is 5.99. The summed E-state index contributed by atoms with van der Waals surface area (Å²) in [6.07, 6.45) is 1.92. The second-order valence-electron chi connectivity index (χ2n) is 4.59. The molecule has 0 aliphatic heterocycles. The van der Waals surface area contributed by atoms with Crippen LogP contribution in [0, 0.1) is 12.7 Å². The summed E-state index contributed by atoms with van der Waals surface area (Å²) in [5, 5.41) is 2.68. The molecule has 5 nitrogen and oxygen atoms in total. The van der Waals surface area contributed by atoms with Crippen LogP contribution in [-0.4, -0.2) is 24.5 Å². The first-order chi connectivity index (χ1) is 8.97. The lowest BCUT2D eigenvalue weighted by Crippen LogP contribution is -2.30. The molecule has 0 saturated heterocycles. The molecule has 6 heteroatoms. The fourth-order valence-electron chi connectivity index (χ4n) is 1.53. The van der Waals surface area contributed by atoms with Crippen LogP contribution in [0.25, 0.3) is 0 Å². The zero-order valence-corrected chi connectivity index (χ0v) is 10.5. The normalized spacial score (nSPS) is 14.0. The highest BCUT2D eigenvalue weighted by Gasteiger charge is 2.23. The molecule has 1 aromatic carbocycles. The van der Waals surface area contributed by atoms with E-state index in [-0.39, 0.29) is 35.4 Å². The van der Waals surface area contributed by atoms with Gasteiger partial charge >= 0.3 is 5.97 Å². The molecule has 3 N–H and O–H groups in total. The summed E-state index contributed by atoms with van der Waals surface area (Å²) in [5.41, 5.74) is 6.02. The number of carbonyl (C=O) groups is 2. The van der Waals surface area contributed by atoms with E-state index in [1.807, 2.05) is 0 Å². The smallest absolute Gasteiger partial charge is 0.338 e. The van der Waals surface area contributed by atoms with Crippen molar-refractivity contribution in [2.24, 2.45) is 0 Å². The van der Waals surface area contributed by atoms with E-state index in [2.05, 4.69) is 5.32 Å². The SMILES string of the molecule is Cc1c(N)cc(C(=O)OCC(=O)NC2CC2)cc1F. The third kappa shape index (κ3) is 3.43. The Balaban J connectivity index is 1.93. The first kappa shape index (κ1) is 13.3. The maximum atomic E-state index is 13.4. The fraction of sp³-hybridized carbons (Fsp3) is 0.385.